The summed E-state index contributed by atoms with van der Waals surface area (Å²) in [6.07, 6.45) is 11.1. The Balaban J connectivity index is 1.18. The SMILES string of the molecule is CNCCCCCC(=O)NCC(=O)Nc1ccc(CNC(=O)C[C@@H]2CC3(CO3)[C@H](O)[C@@H](/C=C/C(C)=C/CC3OC(C)C(NC(=O)/C=C\C(C)OC=O)CC3C)O2)cc1. The number of aliphatic hydroxyl groups is 1. The van der Waals surface area contributed by atoms with Gasteiger partial charge in [0.25, 0.3) is 6.47 Å². The molecule has 320 valence electrons. The monoisotopic (exact) mass is 809 g/mol. The number of carbonyl (C=O) groups excluding carboxylic acids is 5. The first-order valence-electron chi connectivity index (χ1n) is 20.4. The molecule has 4 amide bonds. The van der Waals surface area contributed by atoms with Crippen molar-refractivity contribution in [1.82, 2.24) is 21.3 Å². The van der Waals surface area contributed by atoms with E-state index in [0.29, 0.717) is 38.0 Å². The molecule has 1 spiro atoms. The molecule has 3 aliphatic heterocycles. The van der Waals surface area contributed by atoms with E-state index < -0.39 is 30.0 Å². The summed E-state index contributed by atoms with van der Waals surface area (Å²) in [7, 11) is 1.90. The third-order valence-corrected chi connectivity index (χ3v) is 10.8. The first-order chi connectivity index (χ1) is 27.8. The van der Waals surface area contributed by atoms with E-state index >= 15 is 0 Å². The molecule has 0 saturated carbocycles. The summed E-state index contributed by atoms with van der Waals surface area (Å²) >= 11 is 0. The van der Waals surface area contributed by atoms with Gasteiger partial charge < -0.3 is 50.6 Å². The van der Waals surface area contributed by atoms with Gasteiger partial charge in [-0.25, -0.2) is 0 Å². The predicted molar refractivity (Wildman–Crippen MR) is 218 cm³/mol. The van der Waals surface area contributed by atoms with Crippen molar-refractivity contribution in [3.8, 4) is 0 Å². The number of ether oxygens (including phenoxy) is 4. The largest absolute Gasteiger partial charge is 0.461 e. The van der Waals surface area contributed by atoms with Crippen LogP contribution in [0, 0.1) is 5.92 Å². The zero-order valence-corrected chi connectivity index (χ0v) is 34.5. The smallest absolute Gasteiger partial charge is 0.293 e. The van der Waals surface area contributed by atoms with Crippen LogP contribution >= 0.6 is 0 Å². The molecule has 9 atom stereocenters. The van der Waals surface area contributed by atoms with Crippen LogP contribution in [0.25, 0.3) is 0 Å². The van der Waals surface area contributed by atoms with Crippen LogP contribution in [0.1, 0.15) is 84.6 Å². The second-order valence-electron chi connectivity index (χ2n) is 15.7. The average Bonchev–Trinajstić information content (AvgIpc) is 3.97. The molecule has 15 nitrogen and oxygen atoms in total. The lowest BCUT2D eigenvalue weighted by Gasteiger charge is -2.39. The predicted octanol–water partition coefficient (Wildman–Crippen LogP) is 3.12. The number of aliphatic hydroxyl groups excluding tert-OH is 1. The van der Waals surface area contributed by atoms with E-state index in [1.165, 1.54) is 12.2 Å². The van der Waals surface area contributed by atoms with Gasteiger partial charge in [0, 0.05) is 31.1 Å². The van der Waals surface area contributed by atoms with Crippen LogP contribution in [0.4, 0.5) is 5.69 Å². The van der Waals surface area contributed by atoms with E-state index in [9.17, 15) is 29.1 Å². The van der Waals surface area contributed by atoms with E-state index in [1.54, 1.807) is 19.1 Å². The summed E-state index contributed by atoms with van der Waals surface area (Å²) in [5.41, 5.74) is 1.67. The topological polar surface area (TPSA) is 206 Å². The Hall–Kier alpha value is -4.41. The number of epoxide rings is 1. The van der Waals surface area contributed by atoms with Gasteiger partial charge in [-0.1, -0.05) is 49.3 Å². The number of amides is 4. The van der Waals surface area contributed by atoms with E-state index in [2.05, 4.69) is 39.6 Å². The van der Waals surface area contributed by atoms with Crippen molar-refractivity contribution in [2.24, 2.45) is 5.92 Å². The Morgan fingerprint density at radius 2 is 1.78 bits per heavy atom. The molecule has 1 aromatic rings. The summed E-state index contributed by atoms with van der Waals surface area (Å²) in [6, 6.07) is 6.96. The first-order valence-corrected chi connectivity index (χ1v) is 20.4. The normalized spacial score (nSPS) is 27.6. The molecule has 1 aromatic carbocycles. The highest BCUT2D eigenvalue weighted by Crippen LogP contribution is 2.43. The molecule has 4 rings (SSSR count). The Morgan fingerprint density at radius 1 is 1.02 bits per heavy atom. The number of nitrogens with one attached hydrogen (secondary N) is 5. The molecule has 0 radical (unpaired) electrons. The summed E-state index contributed by atoms with van der Waals surface area (Å²) in [4.78, 5) is 60.2. The number of hydrogen-bond acceptors (Lipinski definition) is 11. The molecule has 0 bridgehead atoms. The van der Waals surface area contributed by atoms with Crippen molar-refractivity contribution in [3.63, 3.8) is 0 Å². The average molecular weight is 810 g/mol. The Kier molecular flexibility index (Phi) is 18.6. The molecule has 3 aliphatic rings. The van der Waals surface area contributed by atoms with Gasteiger partial charge in [0.1, 0.15) is 23.9 Å². The molecule has 6 N–H and O–H groups in total. The summed E-state index contributed by atoms with van der Waals surface area (Å²) in [6.45, 7) is 9.54. The fourth-order valence-electron chi connectivity index (χ4n) is 7.14. The van der Waals surface area contributed by atoms with E-state index in [1.807, 2.05) is 45.2 Å². The fraction of sp³-hybridized carbons (Fsp3) is 0.605. The van der Waals surface area contributed by atoms with Gasteiger partial charge in [0.2, 0.25) is 23.6 Å². The zero-order chi connectivity index (χ0) is 42.1. The van der Waals surface area contributed by atoms with Crippen molar-refractivity contribution < 1.29 is 48.0 Å². The third-order valence-electron chi connectivity index (χ3n) is 10.8. The fourth-order valence-corrected chi connectivity index (χ4v) is 7.14. The lowest BCUT2D eigenvalue weighted by molar-refractivity contribution is -0.145. The number of anilines is 1. The maximum atomic E-state index is 13.0. The number of benzene rings is 1. The van der Waals surface area contributed by atoms with Crippen LogP contribution in [0.15, 0.2) is 60.2 Å². The van der Waals surface area contributed by atoms with E-state index in [4.69, 9.17) is 18.9 Å². The van der Waals surface area contributed by atoms with Gasteiger partial charge in [-0.15, -0.1) is 0 Å². The summed E-state index contributed by atoms with van der Waals surface area (Å²) in [5.74, 6) is -0.742. The number of rotatable bonds is 22. The van der Waals surface area contributed by atoms with Gasteiger partial charge in [-0.3, -0.25) is 24.0 Å². The molecular weight excluding hydrogens is 746 g/mol. The highest BCUT2D eigenvalue weighted by atomic mass is 16.6. The van der Waals surface area contributed by atoms with Gasteiger partial charge in [-0.2, -0.15) is 0 Å². The molecule has 3 heterocycles. The standard InChI is InChI=1S/C43H63N5O10/c1-28(10-17-36-29(2)21-35(31(4)57-36)48-39(51)19-12-30(3)55-27-49)11-18-37-42(54)43(26-56-43)23-34(58-37)22-40(52)45-24-32-13-15-33(16-14-32)47-41(53)25-46-38(50)9-7-6-8-20-44-5/h10-16,18-19,27,29-31,34-37,42,44,54H,6-9,17,20-26H2,1-5H3,(H,45,52)(H,46,50)(H,47,53)(H,48,51)/b18-11+,19-12-,28-10+/t29?,30?,31?,34-,35?,36?,37-,42-,43?/m1/s1. The highest BCUT2D eigenvalue weighted by molar-refractivity contribution is 5.94. The third kappa shape index (κ3) is 15.4. The highest BCUT2D eigenvalue weighted by Gasteiger charge is 2.58. The minimum atomic E-state index is -0.866. The summed E-state index contributed by atoms with van der Waals surface area (Å²) in [5, 5.41) is 25.5. The van der Waals surface area contributed by atoms with Crippen LogP contribution in [0.3, 0.4) is 0 Å². The second-order valence-corrected chi connectivity index (χ2v) is 15.7. The van der Waals surface area contributed by atoms with Gasteiger partial charge in [0.15, 0.2) is 0 Å². The molecule has 58 heavy (non-hydrogen) atoms. The number of allylic oxidation sites excluding steroid dienone is 2. The zero-order valence-electron chi connectivity index (χ0n) is 34.5. The first kappa shape index (κ1) is 46.3. The van der Waals surface area contributed by atoms with Gasteiger partial charge in [0.05, 0.1) is 43.9 Å². The molecule has 3 saturated heterocycles. The molecular formula is C43H63N5O10. The molecule has 0 aliphatic carbocycles. The molecule has 0 aromatic heterocycles. The van der Waals surface area contributed by atoms with Crippen LogP contribution < -0.4 is 26.6 Å². The van der Waals surface area contributed by atoms with Crippen molar-refractivity contribution in [1.29, 1.82) is 0 Å². The number of carbonyl (C=O) groups is 5. The lowest BCUT2D eigenvalue weighted by atomic mass is 9.87. The van der Waals surface area contributed by atoms with Crippen LogP contribution in [0.2, 0.25) is 0 Å². The van der Waals surface area contributed by atoms with Gasteiger partial charge >= 0.3 is 0 Å². The quantitative estimate of drug-likeness (QED) is 0.0330. The van der Waals surface area contributed by atoms with E-state index in [-0.39, 0.29) is 67.3 Å². The number of unbranched alkanes of at least 4 members (excludes halogenated alkanes) is 2. The maximum absolute atomic E-state index is 13.0. The van der Waals surface area contributed by atoms with Crippen LogP contribution in [-0.2, 0) is 49.5 Å². The number of hydrogen-bond donors (Lipinski definition) is 6. The Bertz CT molecular complexity index is 1610. The van der Waals surface area contributed by atoms with Crippen LogP contribution in [-0.4, -0.2) is 110 Å². The maximum Gasteiger partial charge on any atom is 0.293 e. The van der Waals surface area contributed by atoms with Crippen molar-refractivity contribution >= 4 is 35.8 Å². The Labute approximate surface area is 342 Å². The molecule has 15 heteroatoms. The summed E-state index contributed by atoms with van der Waals surface area (Å²) < 4.78 is 23.0. The van der Waals surface area contributed by atoms with Crippen molar-refractivity contribution in [2.75, 3.05) is 32.1 Å². The second kappa shape index (κ2) is 23.2. The minimum Gasteiger partial charge on any atom is -0.461 e. The lowest BCUT2D eigenvalue weighted by Crippen LogP contribution is -2.50. The van der Waals surface area contributed by atoms with E-state index in [0.717, 1.165) is 43.4 Å². The van der Waals surface area contributed by atoms with Crippen LogP contribution in [0.5, 0.6) is 0 Å². The molecule has 6 unspecified atom stereocenters. The Morgan fingerprint density at radius 3 is 2.48 bits per heavy atom. The minimum absolute atomic E-state index is 0.0389. The van der Waals surface area contributed by atoms with Gasteiger partial charge in [-0.05, 0) is 89.7 Å². The van der Waals surface area contributed by atoms with Crippen molar-refractivity contribution in [3.05, 3.63) is 65.8 Å². The van der Waals surface area contributed by atoms with Crippen molar-refractivity contribution in [2.45, 2.75) is 134 Å². The molecule has 3 fully saturated rings.